The van der Waals surface area contributed by atoms with Crippen molar-refractivity contribution in [3.63, 3.8) is 0 Å². The maximum atomic E-state index is 13.6. The Labute approximate surface area is 225 Å². The zero-order valence-electron chi connectivity index (χ0n) is 21.1. The lowest BCUT2D eigenvalue weighted by molar-refractivity contribution is -0.137. The Morgan fingerprint density at radius 3 is 2.63 bits per heavy atom. The lowest BCUT2D eigenvalue weighted by Crippen LogP contribution is -2.64. The Bertz CT molecular complexity index is 1340. The molecule has 1 saturated carbocycles. The molecule has 5 nitrogen and oxygen atoms in total. The quantitative estimate of drug-likeness (QED) is 0.340. The molecule has 2 aliphatic heterocycles. The van der Waals surface area contributed by atoms with Gasteiger partial charge in [0.15, 0.2) is 0 Å². The molecule has 3 aromatic rings. The van der Waals surface area contributed by atoms with Gasteiger partial charge >= 0.3 is 6.18 Å². The number of halogens is 4. The summed E-state index contributed by atoms with van der Waals surface area (Å²) in [7, 11) is 1.85. The highest BCUT2D eigenvalue weighted by Gasteiger charge is 2.51. The Morgan fingerprint density at radius 1 is 1.24 bits per heavy atom. The zero-order valence-corrected chi connectivity index (χ0v) is 21.9. The van der Waals surface area contributed by atoms with Crippen LogP contribution in [0.2, 0.25) is 5.02 Å². The highest BCUT2D eigenvalue weighted by Crippen LogP contribution is 2.50. The molecule has 1 atom stereocenters. The third kappa shape index (κ3) is 4.87. The molecular formula is C29H30ClF3N4O. The number of benzene rings is 2. The van der Waals surface area contributed by atoms with E-state index < -0.39 is 34.3 Å². The number of fused-ring (bicyclic) bond motifs is 3. The van der Waals surface area contributed by atoms with Crippen molar-refractivity contribution in [1.29, 1.82) is 0 Å². The van der Waals surface area contributed by atoms with Crippen molar-refractivity contribution in [3.8, 4) is 11.1 Å². The maximum absolute atomic E-state index is 13.6. The molecule has 1 N–H and O–H groups in total. The number of nitrogens with one attached hydrogen (secondary N) is 1. The van der Waals surface area contributed by atoms with Crippen molar-refractivity contribution < 1.29 is 18.0 Å². The Hall–Kier alpha value is -3.10. The molecular weight excluding hydrogens is 513 g/mol. The second-order valence-electron chi connectivity index (χ2n) is 10.3. The molecule has 2 aromatic carbocycles. The van der Waals surface area contributed by atoms with E-state index in [1.54, 1.807) is 10.9 Å². The van der Waals surface area contributed by atoms with Crippen LogP contribution >= 0.6 is 11.6 Å². The van der Waals surface area contributed by atoms with Gasteiger partial charge in [-0.15, -0.1) is 6.58 Å². The lowest BCUT2D eigenvalue weighted by Gasteiger charge is -2.58. The van der Waals surface area contributed by atoms with Crippen molar-refractivity contribution >= 4 is 17.5 Å². The molecule has 3 fully saturated rings. The molecule has 200 valence electrons. The van der Waals surface area contributed by atoms with E-state index in [-0.39, 0.29) is 5.56 Å². The van der Waals surface area contributed by atoms with E-state index in [1.807, 2.05) is 43.6 Å². The molecule has 1 aromatic heterocycles. The minimum atomic E-state index is -4.66. The molecule has 3 heterocycles. The average Bonchev–Trinajstić information content (AvgIpc) is 3.34. The monoisotopic (exact) mass is 542 g/mol. The number of rotatable bonds is 7. The van der Waals surface area contributed by atoms with E-state index in [0.29, 0.717) is 12.5 Å². The van der Waals surface area contributed by atoms with Crippen LogP contribution in [0.15, 0.2) is 67.5 Å². The predicted molar refractivity (Wildman–Crippen MR) is 142 cm³/mol. The second kappa shape index (κ2) is 10.2. The van der Waals surface area contributed by atoms with Crippen molar-refractivity contribution in [2.24, 2.45) is 13.0 Å². The summed E-state index contributed by atoms with van der Waals surface area (Å²) in [4.78, 5) is 16.0. The van der Waals surface area contributed by atoms with Crippen LogP contribution in [0.1, 0.15) is 53.2 Å². The summed E-state index contributed by atoms with van der Waals surface area (Å²) in [5, 5.41) is 6.83. The molecule has 1 unspecified atom stereocenters. The summed E-state index contributed by atoms with van der Waals surface area (Å²) < 4.78 is 42.3. The third-order valence-electron chi connectivity index (χ3n) is 8.05. The first-order chi connectivity index (χ1) is 18.1. The Morgan fingerprint density at radius 2 is 1.97 bits per heavy atom. The molecule has 1 aliphatic carbocycles. The topological polar surface area (TPSA) is 50.2 Å². The highest BCUT2D eigenvalue weighted by atomic mass is 35.5. The summed E-state index contributed by atoms with van der Waals surface area (Å²) in [5.41, 5.74) is 1.16. The Kier molecular flexibility index (Phi) is 7.13. The molecule has 3 aliphatic rings. The van der Waals surface area contributed by atoms with Crippen LogP contribution in [-0.2, 0) is 13.2 Å². The number of nitrogens with zero attached hydrogens (tertiary/aromatic N) is 3. The molecule has 38 heavy (non-hydrogen) atoms. The van der Waals surface area contributed by atoms with Gasteiger partial charge in [-0.3, -0.25) is 14.4 Å². The summed E-state index contributed by atoms with van der Waals surface area (Å²) in [6.45, 7) is 5.50. The van der Waals surface area contributed by atoms with Gasteiger partial charge in [0.05, 0.1) is 28.4 Å². The number of amides is 1. The van der Waals surface area contributed by atoms with E-state index in [4.69, 9.17) is 11.6 Å². The summed E-state index contributed by atoms with van der Waals surface area (Å²) in [5.74, 6) is -0.0358. The third-order valence-corrected chi connectivity index (χ3v) is 8.46. The van der Waals surface area contributed by atoms with E-state index in [9.17, 15) is 18.0 Å². The number of hydrogen-bond donors (Lipinski definition) is 1. The van der Waals surface area contributed by atoms with Crippen LogP contribution < -0.4 is 5.32 Å². The number of alkyl halides is 3. The number of hydrogen-bond acceptors (Lipinski definition) is 3. The fraction of sp³-hybridized carbons (Fsp3) is 0.379. The van der Waals surface area contributed by atoms with Crippen LogP contribution in [0.3, 0.4) is 0 Å². The summed E-state index contributed by atoms with van der Waals surface area (Å²) in [6, 6.07) is 10.9. The van der Waals surface area contributed by atoms with Crippen molar-refractivity contribution in [2.45, 2.75) is 43.4 Å². The van der Waals surface area contributed by atoms with Crippen LogP contribution in [-0.4, -0.2) is 39.2 Å². The van der Waals surface area contributed by atoms with Crippen molar-refractivity contribution in [3.05, 3.63) is 89.2 Å². The van der Waals surface area contributed by atoms with E-state index in [1.165, 1.54) is 12.1 Å². The second-order valence-corrected chi connectivity index (χ2v) is 10.7. The molecule has 9 heteroatoms. The van der Waals surface area contributed by atoms with Crippen LogP contribution in [0.5, 0.6) is 0 Å². The van der Waals surface area contributed by atoms with Gasteiger partial charge in [0.2, 0.25) is 0 Å². The first-order valence-electron chi connectivity index (χ1n) is 12.7. The van der Waals surface area contributed by atoms with Gasteiger partial charge in [-0.05, 0) is 60.9 Å². The first kappa shape index (κ1) is 26.5. The van der Waals surface area contributed by atoms with E-state index in [0.717, 1.165) is 55.0 Å². The van der Waals surface area contributed by atoms with Crippen LogP contribution in [0.25, 0.3) is 11.1 Å². The number of carbonyl (C=O) groups excluding carboxylic acids is 1. The molecule has 0 radical (unpaired) electrons. The summed E-state index contributed by atoms with van der Waals surface area (Å²) in [6.07, 6.45) is 4.71. The number of aryl methyl sites for hydroxylation is 1. The molecule has 6 rings (SSSR count). The van der Waals surface area contributed by atoms with Gasteiger partial charge < -0.3 is 5.32 Å². The van der Waals surface area contributed by atoms with Gasteiger partial charge in [0.1, 0.15) is 0 Å². The summed E-state index contributed by atoms with van der Waals surface area (Å²) >= 11 is 6.15. The van der Waals surface area contributed by atoms with Gasteiger partial charge in [0, 0.05) is 37.4 Å². The molecule has 2 saturated heterocycles. The fourth-order valence-corrected chi connectivity index (χ4v) is 6.50. The molecule has 2 bridgehead atoms. The minimum Gasteiger partial charge on any atom is -0.343 e. The largest absolute Gasteiger partial charge is 0.417 e. The number of carbonyl (C=O) groups is 1. The highest BCUT2D eigenvalue weighted by molar-refractivity contribution is 6.34. The smallest absolute Gasteiger partial charge is 0.343 e. The Balaban J connectivity index is 1.59. The normalized spacial score (nSPS) is 22.3. The maximum Gasteiger partial charge on any atom is 0.417 e. The van der Waals surface area contributed by atoms with Gasteiger partial charge in [0.25, 0.3) is 5.91 Å². The minimum absolute atomic E-state index is 0.189. The van der Waals surface area contributed by atoms with Gasteiger partial charge in [-0.2, -0.15) is 18.3 Å². The van der Waals surface area contributed by atoms with Crippen LogP contribution in [0, 0.1) is 5.92 Å². The van der Waals surface area contributed by atoms with Crippen LogP contribution in [0.4, 0.5) is 13.2 Å². The zero-order chi connectivity index (χ0) is 27.1. The number of aromatic nitrogens is 2. The molecule has 1 amide bonds. The number of piperidine rings is 2. The fourth-order valence-electron chi connectivity index (χ4n) is 6.18. The van der Waals surface area contributed by atoms with E-state index >= 15 is 0 Å². The van der Waals surface area contributed by atoms with Gasteiger partial charge in [-0.25, -0.2) is 0 Å². The van der Waals surface area contributed by atoms with Crippen molar-refractivity contribution in [1.82, 2.24) is 20.0 Å². The SMILES string of the molecule is C=CCN1CC2CCC1(C(NC(=O)c1cccc(C(F)(F)F)c1Cl)c1cccc(-c3cnn(C)c3)c1)CC2. The average molecular weight is 543 g/mol. The first-order valence-corrected chi connectivity index (χ1v) is 13.1. The van der Waals surface area contributed by atoms with Crippen molar-refractivity contribution in [2.75, 3.05) is 13.1 Å². The predicted octanol–water partition coefficient (Wildman–Crippen LogP) is 6.66. The lowest BCUT2D eigenvalue weighted by atomic mass is 9.65. The van der Waals surface area contributed by atoms with Gasteiger partial charge in [-0.1, -0.05) is 41.9 Å². The molecule has 0 spiro atoms. The standard InChI is InChI=1S/C29H30ClF3N4O/c1-3-14-37-17-19-10-12-28(37,13-11-19)26(21-7-4-6-20(15-21)22-16-34-36(2)18-22)35-27(38)23-8-5-9-24(25(23)30)29(31,32)33/h3-9,15-16,18-19,26H,1,10-14,17H2,2H3,(H,35,38). The van der Waals surface area contributed by atoms with E-state index in [2.05, 4.69) is 21.9 Å².